The van der Waals surface area contributed by atoms with Crippen LogP contribution in [0, 0.1) is 0 Å². The zero-order valence-corrected chi connectivity index (χ0v) is 17.9. The monoisotopic (exact) mass is 466 g/mol. The number of rotatable bonds is 7. The van der Waals surface area contributed by atoms with E-state index in [1.54, 1.807) is 19.2 Å². The molecule has 160 valence electrons. The quantitative estimate of drug-likeness (QED) is 0.253. The number of esters is 1. The number of pyridine rings is 1. The third-order valence-corrected chi connectivity index (χ3v) is 3.76. The first kappa shape index (κ1) is 26.5. The van der Waals surface area contributed by atoms with E-state index in [-0.39, 0.29) is 49.2 Å². The van der Waals surface area contributed by atoms with Gasteiger partial charge >= 0.3 is 5.97 Å². The van der Waals surface area contributed by atoms with Gasteiger partial charge in [0.2, 0.25) is 16.6 Å². The van der Waals surface area contributed by atoms with Crippen molar-refractivity contribution in [3.63, 3.8) is 0 Å². The lowest BCUT2D eigenvalue weighted by atomic mass is 10.2. The number of nitrogens with one attached hydrogen (secondary N) is 2. The Hall–Kier alpha value is -2.47. The van der Waals surface area contributed by atoms with Crippen molar-refractivity contribution in [2.24, 2.45) is 0 Å². The number of halogens is 2. The highest BCUT2D eigenvalue weighted by atomic mass is 35.5. The summed E-state index contributed by atoms with van der Waals surface area (Å²) in [6, 6.07) is 6.02. The molecule has 0 saturated heterocycles. The van der Waals surface area contributed by atoms with Crippen LogP contribution in [0.5, 0.6) is 0 Å². The summed E-state index contributed by atoms with van der Waals surface area (Å²) in [4.78, 5) is 38.2. The first-order chi connectivity index (χ1) is 12.7. The van der Waals surface area contributed by atoms with Gasteiger partial charge in [0.05, 0.1) is 12.9 Å². The Balaban J connectivity index is 0.00000392. The molecule has 0 fully saturated rings. The highest BCUT2D eigenvalue weighted by Gasteiger charge is 2.20. The van der Waals surface area contributed by atoms with Crippen molar-refractivity contribution in [2.45, 2.75) is 13.5 Å². The van der Waals surface area contributed by atoms with Gasteiger partial charge in [0.25, 0.3) is 11.8 Å². The molecule has 2 rings (SSSR count). The molecule has 0 spiro atoms. The fraction of sp³-hybridized carbons (Fsp3) is 0.250. The zero-order valence-electron chi connectivity index (χ0n) is 15.5. The first-order valence-corrected chi connectivity index (χ1v) is 9.74. The van der Waals surface area contributed by atoms with Crippen molar-refractivity contribution in [1.82, 2.24) is 14.8 Å². The van der Waals surface area contributed by atoms with Crippen LogP contribution in [-0.2, 0) is 21.3 Å². The second kappa shape index (κ2) is 11.5. The Morgan fingerprint density at radius 1 is 1.21 bits per heavy atom. The highest BCUT2D eigenvalue weighted by molar-refractivity contribution is 7.88. The molecule has 29 heavy (non-hydrogen) atoms. The van der Waals surface area contributed by atoms with Gasteiger partial charge in [-0.2, -0.15) is 4.57 Å². The number of nitrogens with zero attached hydrogens (tertiary/aromatic N) is 2. The molecule has 13 heteroatoms. The molecule has 2 aromatic heterocycles. The molecule has 0 radical (unpaired) electrons. The Morgan fingerprint density at radius 3 is 2.52 bits per heavy atom. The second-order valence-corrected chi connectivity index (χ2v) is 7.22. The van der Waals surface area contributed by atoms with Gasteiger partial charge in [-0.3, -0.25) is 19.6 Å². The average Bonchev–Trinajstić information content (AvgIpc) is 3.09. The number of carbonyl (C=O) groups excluding carboxylic acids is 3. The predicted molar refractivity (Wildman–Crippen MR) is 100 cm³/mol. The number of hydrogen-bond donors (Lipinski definition) is 2. The lowest BCUT2D eigenvalue weighted by Gasteiger charge is -2.06. The Bertz CT molecular complexity index is 977. The van der Waals surface area contributed by atoms with Gasteiger partial charge in [0, 0.05) is 12.3 Å². The van der Waals surface area contributed by atoms with E-state index in [0.29, 0.717) is 0 Å². The molecule has 0 aliphatic rings. The molecule has 2 N–H and O–H groups in total. The Morgan fingerprint density at radius 2 is 1.90 bits per heavy atom. The maximum absolute atomic E-state index is 12.5. The van der Waals surface area contributed by atoms with Gasteiger partial charge in [-0.25, -0.2) is 13.2 Å². The minimum atomic E-state index is -3.59. The van der Waals surface area contributed by atoms with Crippen LogP contribution in [0.3, 0.4) is 0 Å². The molecule has 10 nitrogen and oxygen atoms in total. The molecule has 2 aromatic rings. The maximum atomic E-state index is 12.5. The van der Waals surface area contributed by atoms with Crippen LogP contribution in [0.25, 0.3) is 0 Å². The van der Waals surface area contributed by atoms with Crippen molar-refractivity contribution < 1.29 is 44.5 Å². The number of hydrogen-bond acceptors (Lipinski definition) is 6. The summed E-state index contributed by atoms with van der Waals surface area (Å²) < 4.78 is 29.6. The summed E-state index contributed by atoms with van der Waals surface area (Å²) in [7, 11) is -3.59. The Kier molecular flexibility index (Phi) is 10.5. The van der Waals surface area contributed by atoms with Gasteiger partial charge < -0.3 is 17.1 Å². The zero-order chi connectivity index (χ0) is 20.0. The van der Waals surface area contributed by atoms with Crippen molar-refractivity contribution in [1.29, 1.82) is 0 Å². The van der Waals surface area contributed by atoms with Gasteiger partial charge in [-0.15, -0.1) is 17.2 Å². The van der Waals surface area contributed by atoms with Crippen molar-refractivity contribution in [3.05, 3.63) is 54.1 Å². The lowest BCUT2D eigenvalue weighted by Crippen LogP contribution is -3.00. The molecule has 0 atom stereocenters. The smallest absolute Gasteiger partial charge is 0.355 e. The minimum Gasteiger partial charge on any atom is -1.00 e. The third kappa shape index (κ3) is 7.81. The average molecular weight is 467 g/mol. The van der Waals surface area contributed by atoms with Crippen LogP contribution in [0.1, 0.15) is 32.6 Å². The van der Waals surface area contributed by atoms with E-state index >= 15 is 0 Å². The van der Waals surface area contributed by atoms with Crippen LogP contribution >= 0.6 is 12.4 Å². The van der Waals surface area contributed by atoms with Gasteiger partial charge in [-0.1, -0.05) is 0 Å². The summed E-state index contributed by atoms with van der Waals surface area (Å²) in [5.74, 6) is -1.71. The molecular weight excluding hydrogens is 447 g/mol. The molecule has 0 bridgehead atoms. The molecule has 2 heterocycles. The summed E-state index contributed by atoms with van der Waals surface area (Å²) in [6.07, 6.45) is 5.29. The van der Waals surface area contributed by atoms with Crippen LogP contribution in [-0.4, -0.2) is 43.6 Å². The molecule has 0 saturated carbocycles. The molecular formula is C16H20Cl2N4O6S. The normalized spacial score (nSPS) is 10.3. The largest absolute Gasteiger partial charge is 1.00 e. The minimum absolute atomic E-state index is 0. The van der Waals surface area contributed by atoms with Gasteiger partial charge in [0.1, 0.15) is 11.3 Å². The van der Waals surface area contributed by atoms with Crippen molar-refractivity contribution in [2.75, 3.05) is 12.9 Å². The third-order valence-electron chi connectivity index (χ3n) is 3.29. The second-order valence-electron chi connectivity index (χ2n) is 5.47. The Labute approximate surface area is 180 Å². The van der Waals surface area contributed by atoms with Crippen LogP contribution < -0.4 is 27.2 Å². The molecule has 0 aliphatic heterocycles. The fourth-order valence-electron chi connectivity index (χ4n) is 2.17. The van der Waals surface area contributed by atoms with E-state index in [1.807, 2.05) is 10.3 Å². The summed E-state index contributed by atoms with van der Waals surface area (Å²) in [6.45, 7) is 1.70. The van der Waals surface area contributed by atoms with Crippen LogP contribution in [0.15, 0.2) is 42.9 Å². The van der Waals surface area contributed by atoms with E-state index in [4.69, 9.17) is 4.74 Å². The number of sulfonamides is 1. The summed E-state index contributed by atoms with van der Waals surface area (Å²) in [5, 5.41) is 0. The van der Waals surface area contributed by atoms with E-state index in [9.17, 15) is 22.8 Å². The van der Waals surface area contributed by atoms with Crippen molar-refractivity contribution in [3.8, 4) is 0 Å². The standard InChI is InChI=1S/C16H18N4O6S.2ClH/c1-3-26-16(23)13-7-5-9-20(13)14(21)11-19-8-4-6-12(10-19)15(22)17-18-27(2,24)25;;/h4-10,18H,3,11H2,1-2H3;2*1H. The highest BCUT2D eigenvalue weighted by Crippen LogP contribution is 2.05. The van der Waals surface area contributed by atoms with Crippen molar-refractivity contribution >= 4 is 40.2 Å². The molecule has 1 amide bonds. The number of carbonyl (C=O) groups is 3. The number of hydrazine groups is 1. The van der Waals surface area contributed by atoms with E-state index in [1.165, 1.54) is 39.7 Å². The SMILES string of the molecule is CCOC(=O)c1cccn1C(=O)C[n+]1cccc(C(=O)NNS(C)(=O)=O)c1.Cl.[Cl-]. The first-order valence-electron chi connectivity index (χ1n) is 7.85. The van der Waals surface area contributed by atoms with E-state index in [0.717, 1.165) is 6.26 Å². The predicted octanol–water partition coefficient (Wildman–Crippen LogP) is -3.09. The molecule has 0 aliphatic carbocycles. The van der Waals surface area contributed by atoms with Crippen LogP contribution in [0.4, 0.5) is 0 Å². The fourth-order valence-corrected chi connectivity index (χ4v) is 2.45. The van der Waals surface area contributed by atoms with Crippen LogP contribution in [0.2, 0.25) is 0 Å². The van der Waals surface area contributed by atoms with E-state index in [2.05, 4.69) is 0 Å². The number of ether oxygens (including phenoxy) is 1. The van der Waals surface area contributed by atoms with Gasteiger partial charge in [-0.05, 0) is 25.1 Å². The summed E-state index contributed by atoms with van der Waals surface area (Å²) >= 11 is 0. The summed E-state index contributed by atoms with van der Waals surface area (Å²) in [5.41, 5.74) is 2.29. The number of amides is 1. The van der Waals surface area contributed by atoms with E-state index < -0.39 is 27.8 Å². The molecule has 0 aromatic carbocycles. The lowest BCUT2D eigenvalue weighted by molar-refractivity contribution is -0.683. The van der Waals surface area contributed by atoms with Gasteiger partial charge in [0.15, 0.2) is 12.4 Å². The number of aromatic nitrogens is 2. The maximum Gasteiger partial charge on any atom is 0.355 e. The molecule has 0 unspecified atom stereocenters. The topological polar surface area (TPSA) is 127 Å².